The Hall–Kier alpha value is -2.09. The highest BCUT2D eigenvalue weighted by atomic mass is 35.5. The monoisotopic (exact) mass is 412 g/mol. The number of nitrogens with zero attached hydrogens (tertiary/aromatic N) is 1. The number of sulfonamides is 1. The van der Waals surface area contributed by atoms with E-state index in [1.54, 1.807) is 24.3 Å². The largest absolute Gasteiger partial charge is 0.321 e. The van der Waals surface area contributed by atoms with E-state index in [0.29, 0.717) is 15.0 Å². The van der Waals surface area contributed by atoms with Crippen LogP contribution in [0.3, 0.4) is 0 Å². The number of halogens is 2. The molecule has 6 nitrogen and oxygen atoms in total. The third-order valence-electron chi connectivity index (χ3n) is 3.91. The second-order valence-electron chi connectivity index (χ2n) is 5.88. The van der Waals surface area contributed by atoms with Crippen LogP contribution in [0.4, 0.5) is 11.4 Å². The van der Waals surface area contributed by atoms with E-state index in [0.717, 1.165) is 0 Å². The van der Waals surface area contributed by atoms with Gasteiger partial charge in [-0.15, -0.1) is 0 Å². The fourth-order valence-corrected chi connectivity index (χ4v) is 4.90. The van der Waals surface area contributed by atoms with E-state index in [2.05, 4.69) is 5.32 Å². The van der Waals surface area contributed by atoms with Gasteiger partial charge in [0.25, 0.3) is 5.91 Å². The predicted molar refractivity (Wildman–Crippen MR) is 101 cm³/mol. The van der Waals surface area contributed by atoms with Crippen molar-refractivity contribution in [1.29, 1.82) is 0 Å². The summed E-state index contributed by atoms with van der Waals surface area (Å²) in [6.07, 6.45) is 0. The van der Waals surface area contributed by atoms with Gasteiger partial charge in [0.05, 0.1) is 33.1 Å². The minimum absolute atomic E-state index is 0.0344. The van der Waals surface area contributed by atoms with Gasteiger partial charge < -0.3 is 5.32 Å². The topological polar surface area (TPSA) is 83.6 Å². The van der Waals surface area contributed by atoms with E-state index in [-0.39, 0.29) is 22.0 Å². The molecule has 0 saturated carbocycles. The SMILES string of the molecule is CC1CS(=O)(=O)N(c2cc(C(=O)Nc3ccccc3Cl)ccc2Cl)C1=O. The summed E-state index contributed by atoms with van der Waals surface area (Å²) in [7, 11) is -3.82. The van der Waals surface area contributed by atoms with E-state index in [4.69, 9.17) is 23.2 Å². The first-order valence-electron chi connectivity index (χ1n) is 7.63. The number of hydrogen-bond acceptors (Lipinski definition) is 4. The molecule has 1 heterocycles. The molecular weight excluding hydrogens is 399 g/mol. The Labute approximate surface area is 160 Å². The van der Waals surface area contributed by atoms with Crippen LogP contribution in [0.25, 0.3) is 0 Å². The zero-order valence-corrected chi connectivity index (χ0v) is 15.9. The molecule has 3 rings (SSSR count). The van der Waals surface area contributed by atoms with E-state index in [1.165, 1.54) is 25.1 Å². The molecule has 0 spiro atoms. The Kier molecular flexibility index (Phi) is 4.96. The molecule has 1 fully saturated rings. The maximum absolute atomic E-state index is 12.5. The van der Waals surface area contributed by atoms with Crippen molar-refractivity contribution in [2.45, 2.75) is 6.92 Å². The fraction of sp³-hybridized carbons (Fsp3) is 0.176. The maximum atomic E-state index is 12.5. The summed E-state index contributed by atoms with van der Waals surface area (Å²) in [6, 6.07) is 10.8. The average Bonchev–Trinajstić information content (AvgIpc) is 2.78. The standard InChI is InChI=1S/C17H14Cl2N2O4S/c1-10-9-26(24,25)21(17(10)23)15-8-11(6-7-13(15)19)16(22)20-14-5-3-2-4-12(14)18/h2-8,10H,9H2,1H3,(H,20,22). The molecule has 26 heavy (non-hydrogen) atoms. The van der Waals surface area contributed by atoms with Gasteiger partial charge in [0.2, 0.25) is 15.9 Å². The lowest BCUT2D eigenvalue weighted by atomic mass is 10.1. The number of carbonyl (C=O) groups is 2. The number of hydrogen-bond donors (Lipinski definition) is 1. The van der Waals surface area contributed by atoms with Gasteiger partial charge in [0.1, 0.15) is 0 Å². The second kappa shape index (κ2) is 6.90. The number of amides is 2. The van der Waals surface area contributed by atoms with E-state index in [9.17, 15) is 18.0 Å². The van der Waals surface area contributed by atoms with Crippen molar-refractivity contribution < 1.29 is 18.0 Å². The van der Waals surface area contributed by atoms with Crippen LogP contribution < -0.4 is 9.62 Å². The van der Waals surface area contributed by atoms with Crippen LogP contribution in [0.5, 0.6) is 0 Å². The van der Waals surface area contributed by atoms with E-state index in [1.807, 2.05) is 0 Å². The normalized spacial score (nSPS) is 18.8. The quantitative estimate of drug-likeness (QED) is 0.834. The Balaban J connectivity index is 1.97. The predicted octanol–water partition coefficient (Wildman–Crippen LogP) is 3.56. The molecule has 1 atom stereocenters. The molecule has 1 aliphatic heterocycles. The molecule has 2 aromatic carbocycles. The third kappa shape index (κ3) is 3.42. The van der Waals surface area contributed by atoms with Crippen molar-refractivity contribution in [3.63, 3.8) is 0 Å². The van der Waals surface area contributed by atoms with Gasteiger partial charge in [-0.1, -0.05) is 42.3 Å². The summed E-state index contributed by atoms with van der Waals surface area (Å²) >= 11 is 12.1. The van der Waals surface area contributed by atoms with Gasteiger partial charge in [-0.25, -0.2) is 12.7 Å². The number of nitrogens with one attached hydrogen (secondary N) is 1. The van der Waals surface area contributed by atoms with Gasteiger partial charge in [-0.05, 0) is 30.3 Å². The Bertz CT molecular complexity index is 1010. The first kappa shape index (κ1) is 18.7. The number of benzene rings is 2. The van der Waals surface area contributed by atoms with Crippen LogP contribution in [0.2, 0.25) is 10.0 Å². The molecule has 1 aliphatic rings. The zero-order chi connectivity index (χ0) is 19.1. The molecule has 0 bridgehead atoms. The van der Waals surface area contributed by atoms with Crippen LogP contribution in [0.1, 0.15) is 17.3 Å². The number of para-hydroxylation sites is 1. The summed E-state index contributed by atoms with van der Waals surface area (Å²) in [4.78, 5) is 24.7. The Morgan fingerprint density at radius 1 is 1.15 bits per heavy atom. The van der Waals surface area contributed by atoms with E-state index >= 15 is 0 Å². The van der Waals surface area contributed by atoms with Crippen LogP contribution in [-0.2, 0) is 14.8 Å². The summed E-state index contributed by atoms with van der Waals surface area (Å²) in [5, 5.41) is 3.06. The molecule has 2 amide bonds. The van der Waals surface area contributed by atoms with Gasteiger partial charge >= 0.3 is 0 Å². The molecule has 0 radical (unpaired) electrons. The van der Waals surface area contributed by atoms with Crippen LogP contribution in [0, 0.1) is 5.92 Å². The van der Waals surface area contributed by atoms with Gasteiger partial charge in [0, 0.05) is 5.56 Å². The lowest BCUT2D eigenvalue weighted by Gasteiger charge is -2.18. The molecule has 1 unspecified atom stereocenters. The summed E-state index contributed by atoms with van der Waals surface area (Å²) in [5.74, 6) is -2.04. The highest BCUT2D eigenvalue weighted by Gasteiger charge is 2.43. The number of rotatable bonds is 3. The van der Waals surface area contributed by atoms with Crippen molar-refractivity contribution in [2.75, 3.05) is 15.4 Å². The molecule has 1 N–H and O–H groups in total. The number of anilines is 2. The molecular formula is C17H14Cl2N2O4S. The lowest BCUT2D eigenvalue weighted by Crippen LogP contribution is -2.30. The van der Waals surface area contributed by atoms with Crippen molar-refractivity contribution >= 4 is 56.4 Å². The molecule has 136 valence electrons. The van der Waals surface area contributed by atoms with Crippen molar-refractivity contribution in [1.82, 2.24) is 0 Å². The highest BCUT2D eigenvalue weighted by Crippen LogP contribution is 2.34. The van der Waals surface area contributed by atoms with Gasteiger partial charge in [-0.2, -0.15) is 0 Å². The average molecular weight is 413 g/mol. The van der Waals surface area contributed by atoms with Crippen molar-refractivity contribution in [3.8, 4) is 0 Å². The molecule has 9 heteroatoms. The van der Waals surface area contributed by atoms with Gasteiger partial charge in [-0.3, -0.25) is 9.59 Å². The summed E-state index contributed by atoms with van der Waals surface area (Å²) in [6.45, 7) is 1.53. The first-order valence-corrected chi connectivity index (χ1v) is 9.99. The van der Waals surface area contributed by atoms with Crippen LogP contribution >= 0.6 is 23.2 Å². The highest BCUT2D eigenvalue weighted by molar-refractivity contribution is 7.94. The van der Waals surface area contributed by atoms with Crippen molar-refractivity contribution in [2.24, 2.45) is 5.92 Å². The molecule has 1 saturated heterocycles. The third-order valence-corrected chi connectivity index (χ3v) is 6.41. The fourth-order valence-electron chi connectivity index (χ4n) is 2.63. The van der Waals surface area contributed by atoms with E-state index < -0.39 is 27.8 Å². The smallest absolute Gasteiger partial charge is 0.255 e. The maximum Gasteiger partial charge on any atom is 0.255 e. The first-order chi connectivity index (χ1) is 12.2. The molecule has 0 aliphatic carbocycles. The summed E-state index contributed by atoms with van der Waals surface area (Å²) < 4.78 is 25.2. The van der Waals surface area contributed by atoms with Crippen LogP contribution in [0.15, 0.2) is 42.5 Å². The Morgan fingerprint density at radius 2 is 1.85 bits per heavy atom. The minimum atomic E-state index is -3.82. The summed E-state index contributed by atoms with van der Waals surface area (Å²) in [5.41, 5.74) is 0.522. The second-order valence-corrected chi connectivity index (χ2v) is 8.56. The minimum Gasteiger partial charge on any atom is -0.321 e. The van der Waals surface area contributed by atoms with Gasteiger partial charge in [0.15, 0.2) is 0 Å². The molecule has 2 aromatic rings. The molecule has 0 aromatic heterocycles. The lowest BCUT2D eigenvalue weighted by molar-refractivity contribution is -0.119. The Morgan fingerprint density at radius 3 is 2.46 bits per heavy atom. The van der Waals surface area contributed by atoms with Crippen LogP contribution in [-0.4, -0.2) is 26.0 Å². The van der Waals surface area contributed by atoms with Crippen molar-refractivity contribution in [3.05, 3.63) is 58.1 Å². The zero-order valence-electron chi connectivity index (χ0n) is 13.6. The number of carbonyl (C=O) groups excluding carboxylic acids is 2.